The van der Waals surface area contributed by atoms with E-state index in [9.17, 15) is 9.18 Å². The minimum Gasteiger partial charge on any atom is -0.348 e. The molecule has 28 heavy (non-hydrogen) atoms. The van der Waals surface area contributed by atoms with Gasteiger partial charge < -0.3 is 5.32 Å². The van der Waals surface area contributed by atoms with Crippen molar-refractivity contribution in [3.05, 3.63) is 65.7 Å². The van der Waals surface area contributed by atoms with E-state index in [4.69, 9.17) is 0 Å². The number of benzene rings is 1. The number of aromatic nitrogens is 1. The number of hydrogen-bond donors (Lipinski definition) is 1. The first-order valence-corrected chi connectivity index (χ1v) is 9.90. The van der Waals surface area contributed by atoms with Crippen LogP contribution in [0.4, 0.5) is 4.39 Å². The Morgan fingerprint density at radius 3 is 2.36 bits per heavy atom. The summed E-state index contributed by atoms with van der Waals surface area (Å²) in [6.07, 6.45) is 1.82. The number of nitrogens with one attached hydrogen (secondary N) is 1. The van der Waals surface area contributed by atoms with Gasteiger partial charge in [0.2, 0.25) is 5.91 Å². The van der Waals surface area contributed by atoms with Crippen LogP contribution in [0.1, 0.15) is 31.1 Å². The monoisotopic (exact) mass is 384 g/mol. The van der Waals surface area contributed by atoms with Gasteiger partial charge in [0.25, 0.3) is 0 Å². The Morgan fingerprint density at radius 1 is 1.07 bits per heavy atom. The average Bonchev–Trinajstić information content (AvgIpc) is 2.69. The van der Waals surface area contributed by atoms with E-state index in [-0.39, 0.29) is 23.7 Å². The van der Waals surface area contributed by atoms with Crippen LogP contribution in [-0.2, 0) is 11.3 Å². The lowest BCUT2D eigenvalue weighted by atomic mass is 9.96. The first-order chi connectivity index (χ1) is 13.5. The molecule has 150 valence electrons. The van der Waals surface area contributed by atoms with E-state index < -0.39 is 0 Å². The van der Waals surface area contributed by atoms with Crippen LogP contribution in [0.5, 0.6) is 0 Å². The number of rotatable bonds is 7. The zero-order chi connectivity index (χ0) is 19.9. The zero-order valence-corrected chi connectivity index (χ0v) is 16.6. The number of nitrogens with zero attached hydrogens (tertiary/aromatic N) is 3. The Bertz CT molecular complexity index is 743. The Kier molecular flexibility index (Phi) is 7.12. The highest BCUT2D eigenvalue weighted by atomic mass is 19.1. The molecular formula is C22H29FN4O. The van der Waals surface area contributed by atoms with E-state index in [0.29, 0.717) is 6.54 Å². The molecule has 0 unspecified atom stereocenters. The van der Waals surface area contributed by atoms with E-state index in [1.54, 1.807) is 12.1 Å². The summed E-state index contributed by atoms with van der Waals surface area (Å²) in [4.78, 5) is 21.5. The average molecular weight is 384 g/mol. The fourth-order valence-corrected chi connectivity index (χ4v) is 3.55. The Balaban J connectivity index is 1.47. The maximum atomic E-state index is 13.2. The van der Waals surface area contributed by atoms with E-state index in [2.05, 4.69) is 33.9 Å². The van der Waals surface area contributed by atoms with Gasteiger partial charge in [-0.05, 0) is 35.7 Å². The molecule has 0 aliphatic carbocycles. The van der Waals surface area contributed by atoms with Crippen molar-refractivity contribution in [3.63, 3.8) is 0 Å². The summed E-state index contributed by atoms with van der Waals surface area (Å²) < 4.78 is 13.2. The predicted molar refractivity (Wildman–Crippen MR) is 108 cm³/mol. The Morgan fingerprint density at radius 2 is 1.75 bits per heavy atom. The van der Waals surface area contributed by atoms with Crippen LogP contribution in [0, 0.1) is 11.7 Å². The lowest BCUT2D eigenvalue weighted by molar-refractivity contribution is -0.123. The maximum absolute atomic E-state index is 13.2. The van der Waals surface area contributed by atoms with E-state index in [1.807, 2.05) is 24.4 Å². The first kappa shape index (κ1) is 20.4. The van der Waals surface area contributed by atoms with Gasteiger partial charge in [-0.25, -0.2) is 4.39 Å². The SMILES string of the molecule is CC(C)[C@H](NC(=O)CN1CCN(Cc2ccccn2)CC1)c1ccc(F)cc1. The molecule has 1 aromatic carbocycles. The van der Waals surface area contributed by atoms with E-state index in [1.165, 1.54) is 12.1 Å². The van der Waals surface area contributed by atoms with Gasteiger partial charge in [-0.1, -0.05) is 32.0 Å². The van der Waals surface area contributed by atoms with E-state index >= 15 is 0 Å². The highest BCUT2D eigenvalue weighted by Crippen LogP contribution is 2.22. The molecule has 1 aromatic heterocycles. The summed E-state index contributed by atoms with van der Waals surface area (Å²) in [7, 11) is 0. The summed E-state index contributed by atoms with van der Waals surface area (Å²) in [5, 5.41) is 3.12. The lowest BCUT2D eigenvalue weighted by Crippen LogP contribution is -2.49. The molecule has 2 heterocycles. The van der Waals surface area contributed by atoms with Crippen molar-refractivity contribution in [2.75, 3.05) is 32.7 Å². The molecule has 0 spiro atoms. The molecule has 3 rings (SSSR count). The van der Waals surface area contributed by atoms with Crippen molar-refractivity contribution in [1.82, 2.24) is 20.1 Å². The number of carbonyl (C=O) groups is 1. The van der Waals surface area contributed by atoms with Gasteiger partial charge >= 0.3 is 0 Å². The zero-order valence-electron chi connectivity index (χ0n) is 16.6. The second kappa shape index (κ2) is 9.75. The number of halogens is 1. The van der Waals surface area contributed by atoms with Crippen LogP contribution in [0.25, 0.3) is 0 Å². The number of amides is 1. The topological polar surface area (TPSA) is 48.5 Å². The first-order valence-electron chi connectivity index (χ1n) is 9.90. The normalized spacial score (nSPS) is 16.9. The second-order valence-electron chi connectivity index (χ2n) is 7.71. The lowest BCUT2D eigenvalue weighted by Gasteiger charge is -2.34. The summed E-state index contributed by atoms with van der Waals surface area (Å²) >= 11 is 0. The third-order valence-corrected chi connectivity index (χ3v) is 5.16. The summed E-state index contributed by atoms with van der Waals surface area (Å²) in [6, 6.07) is 12.2. The van der Waals surface area contributed by atoms with Crippen LogP contribution in [0.2, 0.25) is 0 Å². The molecule has 0 saturated carbocycles. The third kappa shape index (κ3) is 5.84. The molecule has 1 atom stereocenters. The molecular weight excluding hydrogens is 355 g/mol. The molecule has 5 nitrogen and oxygen atoms in total. The fourth-order valence-electron chi connectivity index (χ4n) is 3.55. The number of carbonyl (C=O) groups excluding carboxylic acids is 1. The number of hydrogen-bond acceptors (Lipinski definition) is 4. The third-order valence-electron chi connectivity index (χ3n) is 5.16. The molecule has 1 N–H and O–H groups in total. The van der Waals surface area contributed by atoms with Crippen molar-refractivity contribution in [1.29, 1.82) is 0 Å². The van der Waals surface area contributed by atoms with Crippen molar-refractivity contribution in [3.8, 4) is 0 Å². The van der Waals surface area contributed by atoms with Crippen LogP contribution in [0.3, 0.4) is 0 Å². The largest absolute Gasteiger partial charge is 0.348 e. The Labute approximate surface area is 166 Å². The van der Waals surface area contributed by atoms with Gasteiger partial charge in [-0.15, -0.1) is 0 Å². The van der Waals surface area contributed by atoms with Crippen LogP contribution in [-0.4, -0.2) is 53.4 Å². The van der Waals surface area contributed by atoms with Crippen LogP contribution in [0.15, 0.2) is 48.7 Å². The minimum atomic E-state index is -0.263. The summed E-state index contributed by atoms with van der Waals surface area (Å²) in [6.45, 7) is 8.94. The molecule has 2 aromatic rings. The number of piperazine rings is 1. The van der Waals surface area contributed by atoms with Gasteiger partial charge in [-0.3, -0.25) is 19.6 Å². The van der Waals surface area contributed by atoms with Gasteiger partial charge in [0.1, 0.15) is 5.82 Å². The maximum Gasteiger partial charge on any atom is 0.234 e. The molecule has 0 radical (unpaired) electrons. The van der Waals surface area contributed by atoms with Gasteiger partial charge in [0.15, 0.2) is 0 Å². The molecule has 1 aliphatic rings. The quantitative estimate of drug-likeness (QED) is 0.798. The molecule has 1 aliphatic heterocycles. The molecule has 1 fully saturated rings. The van der Waals surface area contributed by atoms with Crippen molar-refractivity contribution < 1.29 is 9.18 Å². The van der Waals surface area contributed by atoms with Gasteiger partial charge in [0.05, 0.1) is 18.3 Å². The molecule has 0 bridgehead atoms. The molecule has 1 saturated heterocycles. The van der Waals surface area contributed by atoms with Crippen molar-refractivity contribution in [2.45, 2.75) is 26.4 Å². The summed E-state index contributed by atoms with van der Waals surface area (Å²) in [5.41, 5.74) is 2.01. The second-order valence-corrected chi connectivity index (χ2v) is 7.71. The molecule has 6 heteroatoms. The van der Waals surface area contributed by atoms with E-state index in [0.717, 1.165) is 44.0 Å². The highest BCUT2D eigenvalue weighted by molar-refractivity contribution is 5.78. The minimum absolute atomic E-state index is 0.0150. The predicted octanol–water partition coefficient (Wildman–Crippen LogP) is 2.85. The van der Waals surface area contributed by atoms with Crippen LogP contribution >= 0.6 is 0 Å². The van der Waals surface area contributed by atoms with Gasteiger partial charge in [-0.2, -0.15) is 0 Å². The van der Waals surface area contributed by atoms with Crippen LogP contribution < -0.4 is 5.32 Å². The standard InChI is InChI=1S/C22H29FN4O/c1-17(2)22(18-6-8-19(23)9-7-18)25-21(28)16-27-13-11-26(12-14-27)15-20-5-3-4-10-24-20/h3-10,17,22H,11-16H2,1-2H3,(H,25,28)/t22-/m0/s1. The highest BCUT2D eigenvalue weighted by Gasteiger charge is 2.22. The Hall–Kier alpha value is -2.31. The van der Waals surface area contributed by atoms with Crippen molar-refractivity contribution in [2.24, 2.45) is 5.92 Å². The molecule has 1 amide bonds. The van der Waals surface area contributed by atoms with Gasteiger partial charge in [0, 0.05) is 38.9 Å². The van der Waals surface area contributed by atoms with Crippen molar-refractivity contribution >= 4 is 5.91 Å². The smallest absolute Gasteiger partial charge is 0.234 e. The number of pyridine rings is 1. The summed E-state index contributed by atoms with van der Waals surface area (Å²) in [5.74, 6) is -0.0213. The fraction of sp³-hybridized carbons (Fsp3) is 0.455.